The highest BCUT2D eigenvalue weighted by Crippen LogP contribution is 1.96. The summed E-state index contributed by atoms with van der Waals surface area (Å²) < 4.78 is 24.7. The van der Waals surface area contributed by atoms with Crippen molar-refractivity contribution in [2.24, 2.45) is 0 Å². The third-order valence-electron chi connectivity index (χ3n) is 2.35. The van der Waals surface area contributed by atoms with Crippen molar-refractivity contribution in [2.75, 3.05) is 18.8 Å². The molecule has 16 heavy (non-hydrogen) atoms. The third-order valence-corrected chi connectivity index (χ3v) is 3.76. The Morgan fingerprint density at radius 1 is 1.38 bits per heavy atom. The van der Waals surface area contributed by atoms with E-state index in [-0.39, 0.29) is 5.75 Å². The maximum absolute atomic E-state index is 11.1. The van der Waals surface area contributed by atoms with Gasteiger partial charge in [0.2, 0.25) is 10.0 Å². The van der Waals surface area contributed by atoms with Crippen molar-refractivity contribution in [3.63, 3.8) is 0 Å². The minimum absolute atomic E-state index is 0.149. The molecule has 0 saturated carbocycles. The smallest absolute Gasteiger partial charge is 0.211 e. The molecule has 96 valence electrons. The van der Waals surface area contributed by atoms with Crippen LogP contribution < -0.4 is 10.0 Å². The highest BCUT2D eigenvalue weighted by molar-refractivity contribution is 7.89. The average molecular weight is 248 g/mol. The maximum Gasteiger partial charge on any atom is 0.211 e. The standard InChI is InChI=1S/C11H24N2O2S/c1-4-6-8-11(3)12-9-7-10-13-16(14,15)5-2/h4,11-13H,1,5-10H2,2-3H3. The predicted octanol–water partition coefficient (Wildman–Crippen LogP) is 1.26. The molecule has 0 spiro atoms. The first kappa shape index (κ1) is 15.6. The largest absolute Gasteiger partial charge is 0.314 e. The summed E-state index contributed by atoms with van der Waals surface area (Å²) in [4.78, 5) is 0. The maximum atomic E-state index is 11.1. The van der Waals surface area contributed by atoms with Gasteiger partial charge in [0.1, 0.15) is 0 Å². The fourth-order valence-electron chi connectivity index (χ4n) is 1.24. The Bertz CT molecular complexity index is 276. The first-order valence-electron chi connectivity index (χ1n) is 5.83. The Labute approximate surface area is 99.6 Å². The SMILES string of the molecule is C=CCCC(C)NCCCNS(=O)(=O)CC. The van der Waals surface area contributed by atoms with Crippen molar-refractivity contribution >= 4 is 10.0 Å². The van der Waals surface area contributed by atoms with E-state index >= 15 is 0 Å². The van der Waals surface area contributed by atoms with Crippen molar-refractivity contribution in [2.45, 2.75) is 39.2 Å². The van der Waals surface area contributed by atoms with Crippen LogP contribution in [-0.2, 0) is 10.0 Å². The minimum Gasteiger partial charge on any atom is -0.314 e. The van der Waals surface area contributed by atoms with E-state index in [1.54, 1.807) is 6.92 Å². The van der Waals surface area contributed by atoms with Gasteiger partial charge in [-0.05, 0) is 39.7 Å². The second-order valence-corrected chi connectivity index (χ2v) is 5.97. The van der Waals surface area contributed by atoms with Crippen molar-refractivity contribution in [1.29, 1.82) is 0 Å². The normalized spacial score (nSPS) is 13.6. The molecule has 4 nitrogen and oxygen atoms in total. The molecule has 0 aliphatic carbocycles. The molecule has 0 aromatic heterocycles. The van der Waals surface area contributed by atoms with Gasteiger partial charge in [-0.25, -0.2) is 13.1 Å². The van der Waals surface area contributed by atoms with E-state index in [4.69, 9.17) is 0 Å². The van der Waals surface area contributed by atoms with Gasteiger partial charge < -0.3 is 5.32 Å². The molecule has 0 aliphatic rings. The summed E-state index contributed by atoms with van der Waals surface area (Å²) in [7, 11) is -3.03. The summed E-state index contributed by atoms with van der Waals surface area (Å²) in [5, 5.41) is 3.34. The van der Waals surface area contributed by atoms with Crippen LogP contribution in [0.2, 0.25) is 0 Å². The van der Waals surface area contributed by atoms with Gasteiger partial charge in [0.15, 0.2) is 0 Å². The molecular formula is C11H24N2O2S. The molecule has 2 N–H and O–H groups in total. The predicted molar refractivity (Wildman–Crippen MR) is 69.0 cm³/mol. The highest BCUT2D eigenvalue weighted by Gasteiger charge is 2.04. The monoisotopic (exact) mass is 248 g/mol. The molecule has 0 heterocycles. The Morgan fingerprint density at radius 3 is 2.62 bits per heavy atom. The van der Waals surface area contributed by atoms with Crippen LogP contribution >= 0.6 is 0 Å². The van der Waals surface area contributed by atoms with E-state index in [1.807, 2.05) is 6.08 Å². The van der Waals surface area contributed by atoms with E-state index < -0.39 is 10.0 Å². The van der Waals surface area contributed by atoms with Gasteiger partial charge in [0.05, 0.1) is 5.75 Å². The second kappa shape index (κ2) is 8.73. The van der Waals surface area contributed by atoms with E-state index in [9.17, 15) is 8.42 Å². The number of hydrogen-bond donors (Lipinski definition) is 2. The summed E-state index contributed by atoms with van der Waals surface area (Å²) in [5.41, 5.74) is 0. The van der Waals surface area contributed by atoms with Crippen LogP contribution in [-0.4, -0.2) is 33.3 Å². The molecule has 0 fully saturated rings. The molecule has 0 bridgehead atoms. The lowest BCUT2D eigenvalue weighted by Gasteiger charge is -2.12. The van der Waals surface area contributed by atoms with Gasteiger partial charge >= 0.3 is 0 Å². The molecule has 0 aliphatic heterocycles. The lowest BCUT2D eigenvalue weighted by Crippen LogP contribution is -2.31. The number of hydrogen-bond acceptors (Lipinski definition) is 3. The highest BCUT2D eigenvalue weighted by atomic mass is 32.2. The zero-order valence-corrected chi connectivity index (χ0v) is 11.1. The Hall–Kier alpha value is -0.390. The topological polar surface area (TPSA) is 58.2 Å². The molecule has 0 radical (unpaired) electrons. The van der Waals surface area contributed by atoms with Gasteiger partial charge in [-0.1, -0.05) is 6.08 Å². The van der Waals surface area contributed by atoms with Crippen molar-refractivity contribution in [3.05, 3.63) is 12.7 Å². The second-order valence-electron chi connectivity index (χ2n) is 3.87. The number of rotatable bonds is 10. The van der Waals surface area contributed by atoms with E-state index in [1.165, 1.54) is 0 Å². The number of sulfonamides is 1. The summed E-state index contributed by atoms with van der Waals surface area (Å²) in [5.74, 6) is 0.149. The lowest BCUT2D eigenvalue weighted by molar-refractivity contribution is 0.507. The van der Waals surface area contributed by atoms with Crippen molar-refractivity contribution < 1.29 is 8.42 Å². The minimum atomic E-state index is -3.03. The van der Waals surface area contributed by atoms with Crippen LogP contribution in [0.1, 0.15) is 33.1 Å². The van der Waals surface area contributed by atoms with Crippen LogP contribution in [0.4, 0.5) is 0 Å². The number of allylic oxidation sites excluding steroid dienone is 1. The molecule has 0 rings (SSSR count). The van der Waals surface area contributed by atoms with Gasteiger partial charge in [-0.2, -0.15) is 0 Å². The van der Waals surface area contributed by atoms with Gasteiger partial charge in [-0.15, -0.1) is 6.58 Å². The first-order chi connectivity index (χ1) is 7.52. The third kappa shape index (κ3) is 8.88. The van der Waals surface area contributed by atoms with E-state index in [0.29, 0.717) is 12.6 Å². The molecular weight excluding hydrogens is 224 g/mol. The molecule has 5 heteroatoms. The van der Waals surface area contributed by atoms with Gasteiger partial charge in [0, 0.05) is 12.6 Å². The molecule has 0 saturated heterocycles. The zero-order chi connectivity index (χ0) is 12.4. The van der Waals surface area contributed by atoms with Crippen molar-refractivity contribution in [3.8, 4) is 0 Å². The quantitative estimate of drug-likeness (QED) is 0.452. The molecule has 0 amide bonds. The summed E-state index contributed by atoms with van der Waals surface area (Å²) in [6.45, 7) is 8.78. The van der Waals surface area contributed by atoms with Crippen LogP contribution in [0, 0.1) is 0 Å². The molecule has 1 unspecified atom stereocenters. The van der Waals surface area contributed by atoms with Crippen LogP contribution in [0.15, 0.2) is 12.7 Å². The fourth-order valence-corrected chi connectivity index (χ4v) is 1.90. The average Bonchev–Trinajstić information content (AvgIpc) is 2.25. The van der Waals surface area contributed by atoms with Crippen LogP contribution in [0.3, 0.4) is 0 Å². The lowest BCUT2D eigenvalue weighted by atomic mass is 10.2. The Balaban J connectivity index is 3.43. The summed E-state index contributed by atoms with van der Waals surface area (Å²) >= 11 is 0. The molecule has 0 aromatic carbocycles. The van der Waals surface area contributed by atoms with Crippen LogP contribution in [0.25, 0.3) is 0 Å². The fraction of sp³-hybridized carbons (Fsp3) is 0.818. The summed E-state index contributed by atoms with van der Waals surface area (Å²) in [6, 6.07) is 0.459. The zero-order valence-electron chi connectivity index (χ0n) is 10.3. The number of nitrogens with one attached hydrogen (secondary N) is 2. The first-order valence-corrected chi connectivity index (χ1v) is 7.48. The molecule has 1 atom stereocenters. The van der Waals surface area contributed by atoms with E-state index in [0.717, 1.165) is 25.8 Å². The Morgan fingerprint density at radius 2 is 2.06 bits per heavy atom. The van der Waals surface area contributed by atoms with Crippen molar-refractivity contribution in [1.82, 2.24) is 10.0 Å². The summed E-state index contributed by atoms with van der Waals surface area (Å²) in [6.07, 6.45) is 4.81. The molecule has 0 aromatic rings. The van der Waals surface area contributed by atoms with E-state index in [2.05, 4.69) is 23.5 Å². The van der Waals surface area contributed by atoms with Gasteiger partial charge in [0.25, 0.3) is 0 Å². The van der Waals surface area contributed by atoms with Gasteiger partial charge in [-0.3, -0.25) is 0 Å². The van der Waals surface area contributed by atoms with Crippen LogP contribution in [0.5, 0.6) is 0 Å². The Kier molecular flexibility index (Phi) is 8.51.